The third-order valence-electron chi connectivity index (χ3n) is 4.46. The Labute approximate surface area is 152 Å². The van der Waals surface area contributed by atoms with Crippen molar-refractivity contribution in [2.45, 2.75) is 18.4 Å². The molecule has 4 rings (SSSR count). The zero-order valence-corrected chi connectivity index (χ0v) is 14.9. The first-order valence-corrected chi connectivity index (χ1v) is 8.66. The minimum absolute atomic E-state index is 0.543. The molecular weight excluding hydrogens is 326 g/mol. The Hall–Kier alpha value is -2.72. The Morgan fingerprint density at radius 2 is 1.84 bits per heavy atom. The van der Waals surface area contributed by atoms with Crippen molar-refractivity contribution in [1.29, 1.82) is 0 Å². The average Bonchev–Trinajstić information content (AvgIpc) is 2.93. The highest BCUT2D eigenvalue weighted by Crippen LogP contribution is 2.32. The summed E-state index contributed by atoms with van der Waals surface area (Å²) in [5.74, 6) is 0.543. The zero-order chi connectivity index (χ0) is 17.4. The normalized spacial score (nSPS) is 11.1. The smallest absolute Gasteiger partial charge is 0.123 e. The van der Waals surface area contributed by atoms with E-state index in [1.807, 2.05) is 24.3 Å². The monoisotopic (exact) mass is 345 g/mol. The van der Waals surface area contributed by atoms with Gasteiger partial charge in [-0.05, 0) is 42.8 Å². The Bertz CT molecular complexity index is 1070. The summed E-state index contributed by atoms with van der Waals surface area (Å²) >= 11 is 4.52. The molecule has 2 N–H and O–H groups in total. The van der Waals surface area contributed by atoms with Crippen molar-refractivity contribution < 1.29 is 0 Å². The minimum atomic E-state index is 0.543. The van der Waals surface area contributed by atoms with Gasteiger partial charge in [-0.3, -0.25) is 0 Å². The molecule has 0 unspecified atom stereocenters. The number of rotatable bonds is 3. The van der Waals surface area contributed by atoms with Crippen LogP contribution in [-0.2, 0) is 6.54 Å². The first-order chi connectivity index (χ1) is 12.1. The molecule has 2 aromatic heterocycles. The molecule has 0 spiro atoms. The molecule has 0 atom stereocenters. The number of benzene rings is 2. The molecule has 2 aromatic carbocycles. The molecule has 0 aliphatic rings. The van der Waals surface area contributed by atoms with E-state index in [-0.39, 0.29) is 0 Å². The van der Waals surface area contributed by atoms with Gasteiger partial charge in [0.2, 0.25) is 0 Å². The zero-order valence-electron chi connectivity index (χ0n) is 14.0. The van der Waals surface area contributed by atoms with Crippen LogP contribution in [0.3, 0.4) is 0 Å². The van der Waals surface area contributed by atoms with Gasteiger partial charge in [0.25, 0.3) is 0 Å². The van der Waals surface area contributed by atoms with Crippen molar-refractivity contribution in [3.63, 3.8) is 0 Å². The topological polar surface area (TPSA) is 43.8 Å². The van der Waals surface area contributed by atoms with E-state index < -0.39 is 0 Å². The predicted molar refractivity (Wildman–Crippen MR) is 107 cm³/mol. The second kappa shape index (κ2) is 6.30. The number of fused-ring (bicyclic) bond motifs is 1. The highest BCUT2D eigenvalue weighted by molar-refractivity contribution is 7.80. The fraction of sp³-hybridized carbons (Fsp3) is 0.0952. The lowest BCUT2D eigenvalue weighted by Gasteiger charge is -2.13. The number of hydrogen-bond donors (Lipinski definition) is 2. The Balaban J connectivity index is 1.95. The van der Waals surface area contributed by atoms with E-state index in [9.17, 15) is 0 Å². The molecule has 25 heavy (non-hydrogen) atoms. The van der Waals surface area contributed by atoms with Gasteiger partial charge in [-0.15, -0.1) is 12.6 Å². The van der Waals surface area contributed by atoms with E-state index in [0.717, 1.165) is 16.1 Å². The van der Waals surface area contributed by atoms with Gasteiger partial charge in [0.05, 0.1) is 12.2 Å². The summed E-state index contributed by atoms with van der Waals surface area (Å²) in [5.41, 5.74) is 11.6. The number of aryl methyl sites for hydroxylation is 1. The van der Waals surface area contributed by atoms with Gasteiger partial charge in [-0.25, -0.2) is 4.98 Å². The van der Waals surface area contributed by atoms with Crippen LogP contribution in [0.15, 0.2) is 71.6 Å². The van der Waals surface area contributed by atoms with E-state index >= 15 is 0 Å². The summed E-state index contributed by atoms with van der Waals surface area (Å²) in [5, 5.41) is 1.19. The highest BCUT2D eigenvalue weighted by Gasteiger charge is 2.13. The minimum Gasteiger partial charge on any atom is -0.384 e. The number of nitrogens with zero attached hydrogens (tertiary/aromatic N) is 2. The van der Waals surface area contributed by atoms with Crippen LogP contribution < -0.4 is 5.73 Å². The third kappa shape index (κ3) is 3.01. The van der Waals surface area contributed by atoms with Crippen molar-refractivity contribution in [2.75, 3.05) is 5.73 Å². The van der Waals surface area contributed by atoms with E-state index in [1.54, 1.807) is 0 Å². The fourth-order valence-corrected chi connectivity index (χ4v) is 3.44. The maximum absolute atomic E-state index is 5.87. The molecule has 4 aromatic rings. The van der Waals surface area contributed by atoms with Crippen LogP contribution in [0.25, 0.3) is 22.2 Å². The number of nitrogen functional groups attached to an aromatic ring is 1. The van der Waals surface area contributed by atoms with Crippen LogP contribution in [0.5, 0.6) is 0 Å². The molecule has 0 saturated heterocycles. The highest BCUT2D eigenvalue weighted by atomic mass is 32.1. The van der Waals surface area contributed by atoms with Crippen LogP contribution in [0.2, 0.25) is 0 Å². The molecule has 2 heterocycles. The molecule has 0 saturated carbocycles. The van der Waals surface area contributed by atoms with Crippen LogP contribution in [0.1, 0.15) is 11.3 Å². The second-order valence-corrected chi connectivity index (χ2v) is 6.74. The molecule has 0 aliphatic carbocycles. The van der Waals surface area contributed by atoms with E-state index in [2.05, 4.69) is 71.6 Å². The number of thiol groups is 1. The van der Waals surface area contributed by atoms with Gasteiger partial charge in [-0.2, -0.15) is 0 Å². The van der Waals surface area contributed by atoms with Gasteiger partial charge in [-0.1, -0.05) is 36.4 Å². The molecule has 0 fully saturated rings. The molecule has 124 valence electrons. The summed E-state index contributed by atoms with van der Waals surface area (Å²) in [4.78, 5) is 5.42. The maximum atomic E-state index is 5.87. The van der Waals surface area contributed by atoms with Crippen LogP contribution in [0, 0.1) is 6.92 Å². The van der Waals surface area contributed by atoms with Gasteiger partial charge in [0.15, 0.2) is 0 Å². The number of aromatic nitrogens is 2. The van der Waals surface area contributed by atoms with E-state index in [0.29, 0.717) is 12.4 Å². The lowest BCUT2D eigenvalue weighted by atomic mass is 10.1. The summed E-state index contributed by atoms with van der Waals surface area (Å²) in [6.45, 7) is 2.80. The molecule has 0 bridgehead atoms. The van der Waals surface area contributed by atoms with Gasteiger partial charge < -0.3 is 10.3 Å². The molecular formula is C21H19N3S. The van der Waals surface area contributed by atoms with Crippen molar-refractivity contribution in [1.82, 2.24) is 9.55 Å². The number of anilines is 1. The summed E-state index contributed by atoms with van der Waals surface area (Å²) in [6, 6.07) is 22.7. The SMILES string of the molecule is Cc1ccccc1-c1cc2ccc(S)cc2n1Cc1cccc(N)n1. The number of pyridine rings is 1. The van der Waals surface area contributed by atoms with Crippen LogP contribution in [-0.4, -0.2) is 9.55 Å². The van der Waals surface area contributed by atoms with E-state index in [4.69, 9.17) is 5.73 Å². The Kier molecular flexibility index (Phi) is 3.98. The van der Waals surface area contributed by atoms with Crippen molar-refractivity contribution in [3.8, 4) is 11.3 Å². The van der Waals surface area contributed by atoms with Gasteiger partial charge in [0, 0.05) is 27.1 Å². The predicted octanol–water partition coefficient (Wildman–Crippen LogP) is 4.93. The standard InChI is InChI=1S/C21H19N3S/c1-14-5-2-3-7-18(14)20-11-15-9-10-17(25)12-19(15)24(20)13-16-6-4-8-21(22)23-16/h2-12,25H,13H2,1H3,(H2,22,23). The van der Waals surface area contributed by atoms with Crippen LogP contribution >= 0.6 is 12.6 Å². The summed E-state index contributed by atoms with van der Waals surface area (Å²) < 4.78 is 2.29. The Morgan fingerprint density at radius 3 is 2.64 bits per heavy atom. The number of nitrogens with two attached hydrogens (primary N) is 1. The maximum Gasteiger partial charge on any atom is 0.123 e. The molecule has 0 aliphatic heterocycles. The molecule has 4 heteroatoms. The lowest BCUT2D eigenvalue weighted by Crippen LogP contribution is -2.05. The molecule has 3 nitrogen and oxygen atoms in total. The van der Waals surface area contributed by atoms with Crippen molar-refractivity contribution >= 4 is 29.3 Å². The third-order valence-corrected chi connectivity index (χ3v) is 4.74. The van der Waals surface area contributed by atoms with Crippen molar-refractivity contribution in [3.05, 3.63) is 78.0 Å². The quantitative estimate of drug-likeness (QED) is 0.517. The van der Waals surface area contributed by atoms with Gasteiger partial charge >= 0.3 is 0 Å². The summed E-state index contributed by atoms with van der Waals surface area (Å²) in [7, 11) is 0. The van der Waals surface area contributed by atoms with E-state index in [1.165, 1.54) is 22.2 Å². The van der Waals surface area contributed by atoms with Gasteiger partial charge in [0.1, 0.15) is 5.82 Å². The summed E-state index contributed by atoms with van der Waals surface area (Å²) in [6.07, 6.45) is 0. The molecule has 0 amide bonds. The fourth-order valence-electron chi connectivity index (χ4n) is 3.24. The largest absolute Gasteiger partial charge is 0.384 e. The average molecular weight is 345 g/mol. The van der Waals surface area contributed by atoms with Crippen molar-refractivity contribution in [2.24, 2.45) is 0 Å². The first kappa shape index (κ1) is 15.8. The Morgan fingerprint density at radius 1 is 1.00 bits per heavy atom. The second-order valence-electron chi connectivity index (χ2n) is 6.23. The molecule has 0 radical (unpaired) electrons. The first-order valence-electron chi connectivity index (χ1n) is 8.21. The lowest BCUT2D eigenvalue weighted by molar-refractivity contribution is 0.815. The van der Waals surface area contributed by atoms with Crippen LogP contribution in [0.4, 0.5) is 5.82 Å². The number of hydrogen-bond acceptors (Lipinski definition) is 3.